The lowest BCUT2D eigenvalue weighted by molar-refractivity contribution is 0.119. The predicted molar refractivity (Wildman–Crippen MR) is 75.4 cm³/mol. The summed E-state index contributed by atoms with van der Waals surface area (Å²) >= 11 is 0. The Morgan fingerprint density at radius 3 is 2.78 bits per heavy atom. The number of nitrogens with one attached hydrogen (secondary N) is 1. The van der Waals surface area contributed by atoms with Crippen LogP contribution in [0.5, 0.6) is 0 Å². The Labute approximate surface area is 111 Å². The largest absolute Gasteiger partial charge is 0.317 e. The second-order valence-corrected chi connectivity index (χ2v) is 5.64. The smallest absolute Gasteiger partial charge is 0.0312 e. The highest BCUT2D eigenvalue weighted by Gasteiger charge is 2.31. The molecule has 1 aromatic heterocycles. The van der Waals surface area contributed by atoms with Crippen molar-refractivity contribution >= 4 is 0 Å². The van der Waals surface area contributed by atoms with Gasteiger partial charge in [0.25, 0.3) is 0 Å². The molecular formula is C15H25N3. The average Bonchev–Trinajstić information content (AvgIpc) is 2.41. The number of hydrogen-bond donors (Lipinski definition) is 1. The lowest BCUT2D eigenvalue weighted by Gasteiger charge is -2.40. The molecule has 0 bridgehead atoms. The fourth-order valence-corrected chi connectivity index (χ4v) is 3.01. The zero-order valence-corrected chi connectivity index (χ0v) is 11.7. The van der Waals surface area contributed by atoms with Crippen LogP contribution < -0.4 is 5.32 Å². The third-order valence-corrected chi connectivity index (χ3v) is 4.19. The van der Waals surface area contributed by atoms with Gasteiger partial charge in [0.15, 0.2) is 0 Å². The standard InChI is InChI=1S/C15H25N3/c1-3-15(6-9-16-10-7-15)13-18(2)12-14-5-4-8-17-11-14/h4-5,8,11,16H,3,6-7,9-10,12-13H2,1-2H3. The number of pyridine rings is 1. The van der Waals surface area contributed by atoms with Gasteiger partial charge in [0, 0.05) is 25.5 Å². The van der Waals surface area contributed by atoms with E-state index in [9.17, 15) is 0 Å². The van der Waals surface area contributed by atoms with E-state index in [4.69, 9.17) is 0 Å². The third-order valence-electron chi connectivity index (χ3n) is 4.19. The van der Waals surface area contributed by atoms with E-state index in [1.54, 1.807) is 0 Å². The van der Waals surface area contributed by atoms with Crippen molar-refractivity contribution in [3.8, 4) is 0 Å². The minimum absolute atomic E-state index is 0.516. The van der Waals surface area contributed by atoms with Gasteiger partial charge in [-0.15, -0.1) is 0 Å². The van der Waals surface area contributed by atoms with Gasteiger partial charge in [-0.05, 0) is 56.4 Å². The molecule has 1 saturated heterocycles. The normalized spacial score (nSPS) is 19.1. The average molecular weight is 247 g/mol. The lowest BCUT2D eigenvalue weighted by atomic mass is 9.76. The third kappa shape index (κ3) is 3.53. The maximum absolute atomic E-state index is 4.19. The molecule has 1 aliphatic heterocycles. The molecule has 0 radical (unpaired) electrons. The SMILES string of the molecule is CCC1(CN(C)Cc2cccnc2)CCNCC1. The molecule has 0 aliphatic carbocycles. The molecule has 2 rings (SSSR count). The van der Waals surface area contributed by atoms with E-state index in [1.165, 1.54) is 44.5 Å². The quantitative estimate of drug-likeness (QED) is 0.865. The van der Waals surface area contributed by atoms with Crippen LogP contribution in [0.1, 0.15) is 31.7 Å². The number of nitrogens with zero attached hydrogens (tertiary/aromatic N) is 2. The highest BCUT2D eigenvalue weighted by molar-refractivity contribution is 5.08. The predicted octanol–water partition coefficient (Wildman–Crippen LogP) is 2.29. The first-order valence-corrected chi connectivity index (χ1v) is 7.02. The van der Waals surface area contributed by atoms with Crippen LogP contribution in [-0.4, -0.2) is 36.6 Å². The molecular weight excluding hydrogens is 222 g/mol. The Kier molecular flexibility index (Phi) is 4.72. The van der Waals surface area contributed by atoms with Crippen molar-refractivity contribution in [3.63, 3.8) is 0 Å². The van der Waals surface area contributed by atoms with Crippen molar-refractivity contribution in [3.05, 3.63) is 30.1 Å². The first kappa shape index (κ1) is 13.5. The van der Waals surface area contributed by atoms with E-state index in [2.05, 4.69) is 35.2 Å². The van der Waals surface area contributed by atoms with E-state index in [0.717, 1.165) is 6.54 Å². The first-order valence-electron chi connectivity index (χ1n) is 7.02. The lowest BCUT2D eigenvalue weighted by Crippen LogP contribution is -2.43. The number of piperidine rings is 1. The molecule has 0 amide bonds. The summed E-state index contributed by atoms with van der Waals surface area (Å²) in [6.07, 6.45) is 7.70. The van der Waals surface area contributed by atoms with Crippen molar-refractivity contribution < 1.29 is 0 Å². The Balaban J connectivity index is 1.91. The summed E-state index contributed by atoms with van der Waals surface area (Å²) in [4.78, 5) is 6.64. The van der Waals surface area contributed by atoms with Crippen LogP contribution in [0.25, 0.3) is 0 Å². The number of aromatic nitrogens is 1. The summed E-state index contributed by atoms with van der Waals surface area (Å²) in [6, 6.07) is 4.17. The molecule has 2 heterocycles. The van der Waals surface area contributed by atoms with Gasteiger partial charge in [0.2, 0.25) is 0 Å². The van der Waals surface area contributed by atoms with Crippen molar-refractivity contribution in [2.75, 3.05) is 26.7 Å². The monoisotopic (exact) mass is 247 g/mol. The van der Waals surface area contributed by atoms with Gasteiger partial charge in [0.05, 0.1) is 0 Å². The van der Waals surface area contributed by atoms with Crippen LogP contribution in [0, 0.1) is 5.41 Å². The summed E-state index contributed by atoms with van der Waals surface area (Å²) < 4.78 is 0. The summed E-state index contributed by atoms with van der Waals surface area (Å²) in [5.41, 5.74) is 1.82. The summed E-state index contributed by atoms with van der Waals surface area (Å²) in [6.45, 7) is 6.88. The van der Waals surface area contributed by atoms with Crippen LogP contribution in [0.15, 0.2) is 24.5 Å². The van der Waals surface area contributed by atoms with Crippen molar-refractivity contribution in [2.24, 2.45) is 5.41 Å². The van der Waals surface area contributed by atoms with Crippen LogP contribution in [-0.2, 0) is 6.54 Å². The van der Waals surface area contributed by atoms with Crippen molar-refractivity contribution in [1.29, 1.82) is 0 Å². The topological polar surface area (TPSA) is 28.2 Å². The molecule has 0 aromatic carbocycles. The van der Waals surface area contributed by atoms with Crippen LogP contribution in [0.3, 0.4) is 0 Å². The molecule has 100 valence electrons. The van der Waals surface area contributed by atoms with Crippen molar-refractivity contribution in [2.45, 2.75) is 32.7 Å². The van der Waals surface area contributed by atoms with E-state index in [1.807, 2.05) is 18.5 Å². The van der Waals surface area contributed by atoms with Crippen LogP contribution >= 0.6 is 0 Å². The number of hydrogen-bond acceptors (Lipinski definition) is 3. The minimum Gasteiger partial charge on any atom is -0.317 e. The minimum atomic E-state index is 0.516. The number of rotatable bonds is 5. The van der Waals surface area contributed by atoms with E-state index in [0.29, 0.717) is 5.41 Å². The second-order valence-electron chi connectivity index (χ2n) is 5.64. The van der Waals surface area contributed by atoms with Gasteiger partial charge in [-0.25, -0.2) is 0 Å². The van der Waals surface area contributed by atoms with Crippen LogP contribution in [0.4, 0.5) is 0 Å². The highest BCUT2D eigenvalue weighted by atomic mass is 15.1. The summed E-state index contributed by atoms with van der Waals surface area (Å²) in [5.74, 6) is 0. The van der Waals surface area contributed by atoms with E-state index < -0.39 is 0 Å². The van der Waals surface area contributed by atoms with Gasteiger partial charge in [0.1, 0.15) is 0 Å². The van der Waals surface area contributed by atoms with Gasteiger partial charge >= 0.3 is 0 Å². The zero-order valence-electron chi connectivity index (χ0n) is 11.7. The maximum atomic E-state index is 4.19. The molecule has 3 nitrogen and oxygen atoms in total. The van der Waals surface area contributed by atoms with Gasteiger partial charge < -0.3 is 10.2 Å². The van der Waals surface area contributed by atoms with Crippen molar-refractivity contribution in [1.82, 2.24) is 15.2 Å². The highest BCUT2D eigenvalue weighted by Crippen LogP contribution is 2.33. The molecule has 0 atom stereocenters. The molecule has 0 saturated carbocycles. The van der Waals surface area contributed by atoms with Gasteiger partial charge in [-0.2, -0.15) is 0 Å². The fourth-order valence-electron chi connectivity index (χ4n) is 3.01. The fraction of sp³-hybridized carbons (Fsp3) is 0.667. The zero-order chi connectivity index (χ0) is 12.8. The van der Waals surface area contributed by atoms with E-state index >= 15 is 0 Å². The first-order chi connectivity index (χ1) is 8.74. The molecule has 18 heavy (non-hydrogen) atoms. The van der Waals surface area contributed by atoms with Crippen LogP contribution in [0.2, 0.25) is 0 Å². The Bertz CT molecular complexity index is 344. The second kappa shape index (κ2) is 6.30. The van der Waals surface area contributed by atoms with Gasteiger partial charge in [-0.3, -0.25) is 4.98 Å². The van der Waals surface area contributed by atoms with E-state index in [-0.39, 0.29) is 0 Å². The molecule has 3 heteroatoms. The maximum Gasteiger partial charge on any atom is 0.0312 e. The molecule has 0 unspecified atom stereocenters. The molecule has 0 spiro atoms. The summed E-state index contributed by atoms with van der Waals surface area (Å²) in [5, 5.41) is 3.47. The molecule has 1 fully saturated rings. The Morgan fingerprint density at radius 2 is 2.17 bits per heavy atom. The Hall–Kier alpha value is -0.930. The molecule has 1 N–H and O–H groups in total. The molecule has 1 aromatic rings. The summed E-state index contributed by atoms with van der Waals surface area (Å²) in [7, 11) is 2.23. The molecule has 1 aliphatic rings. The van der Waals surface area contributed by atoms with Gasteiger partial charge in [-0.1, -0.05) is 13.0 Å². The Morgan fingerprint density at radius 1 is 1.39 bits per heavy atom.